The summed E-state index contributed by atoms with van der Waals surface area (Å²) in [6, 6.07) is 30.3. The van der Waals surface area contributed by atoms with E-state index in [1.165, 1.54) is 43.8 Å². The fourth-order valence-electron chi connectivity index (χ4n) is 4.83. The van der Waals surface area contributed by atoms with Gasteiger partial charge in [-0.15, -0.1) is 0 Å². The maximum absolute atomic E-state index is 4.29. The number of pyridine rings is 2. The van der Waals surface area contributed by atoms with Gasteiger partial charge in [0.25, 0.3) is 0 Å². The Morgan fingerprint density at radius 2 is 0.806 bits per heavy atom. The van der Waals surface area contributed by atoms with Crippen molar-refractivity contribution in [2.75, 3.05) is 0 Å². The van der Waals surface area contributed by atoms with Crippen LogP contribution >= 0.6 is 0 Å². The van der Waals surface area contributed by atoms with E-state index in [4.69, 9.17) is 0 Å². The molecular weight excluding hydrogens is 392 g/mol. The summed E-state index contributed by atoms with van der Waals surface area (Å²) in [6.45, 7) is 4.94. The van der Waals surface area contributed by atoms with Gasteiger partial charge >= 0.3 is 0 Å². The summed E-state index contributed by atoms with van der Waals surface area (Å²) >= 11 is 0. The second-order valence-electron chi connectivity index (χ2n) is 8.33. The molecule has 31 heavy (non-hydrogen) atoms. The second kappa shape index (κ2) is 7.93. The van der Waals surface area contributed by atoms with E-state index in [0.29, 0.717) is 0 Å². The monoisotopic (exact) mass is 416 g/mol. The molecule has 3 heterocycles. The van der Waals surface area contributed by atoms with Crippen LogP contribution in [0, 0.1) is 0 Å². The standard InChI is InChI=1S/C28H24N2Si/c1-31(2)27(23-13-17-29-18-14-23)25(21-9-5-3-6-10-21)26(22-11-7-4-8-12-22)28(31)24-15-19-30-20-16-24/h3-20H,1-2H3. The molecule has 0 amide bonds. The minimum atomic E-state index is -2.07. The zero-order valence-electron chi connectivity index (χ0n) is 17.8. The Kier molecular flexibility index (Phi) is 4.97. The normalized spacial score (nSPS) is 15.4. The molecular formula is C28H24N2Si. The highest BCUT2D eigenvalue weighted by Gasteiger charge is 2.43. The predicted molar refractivity (Wildman–Crippen MR) is 132 cm³/mol. The van der Waals surface area contributed by atoms with Crippen LogP contribution in [0.15, 0.2) is 110 Å². The Morgan fingerprint density at radius 1 is 0.452 bits per heavy atom. The van der Waals surface area contributed by atoms with E-state index < -0.39 is 8.07 Å². The Bertz CT molecular complexity index is 1160. The molecule has 0 atom stereocenters. The van der Waals surface area contributed by atoms with Gasteiger partial charge in [-0.2, -0.15) is 0 Å². The molecule has 0 unspecified atom stereocenters. The summed E-state index contributed by atoms with van der Waals surface area (Å²) in [5, 5.41) is 2.93. The van der Waals surface area contributed by atoms with Crippen LogP contribution in [0.5, 0.6) is 0 Å². The minimum absolute atomic E-state index is 1.26. The van der Waals surface area contributed by atoms with Gasteiger partial charge in [0.15, 0.2) is 0 Å². The maximum atomic E-state index is 4.29. The third-order valence-corrected chi connectivity index (χ3v) is 9.64. The number of rotatable bonds is 4. The van der Waals surface area contributed by atoms with Crippen molar-refractivity contribution < 1.29 is 0 Å². The van der Waals surface area contributed by atoms with Gasteiger partial charge in [0.2, 0.25) is 0 Å². The number of aromatic nitrogens is 2. The lowest BCUT2D eigenvalue weighted by Gasteiger charge is -2.26. The average Bonchev–Trinajstić information content (AvgIpc) is 3.08. The van der Waals surface area contributed by atoms with Gasteiger partial charge < -0.3 is 0 Å². The van der Waals surface area contributed by atoms with Crippen LogP contribution in [-0.2, 0) is 0 Å². The van der Waals surface area contributed by atoms with E-state index in [2.05, 4.69) is 108 Å². The molecule has 1 aliphatic rings. The van der Waals surface area contributed by atoms with E-state index in [-0.39, 0.29) is 0 Å². The van der Waals surface area contributed by atoms with Crippen LogP contribution in [0.2, 0.25) is 13.1 Å². The summed E-state index contributed by atoms with van der Waals surface area (Å²) in [4.78, 5) is 8.58. The molecule has 0 saturated carbocycles. The summed E-state index contributed by atoms with van der Waals surface area (Å²) in [5.74, 6) is 0. The topological polar surface area (TPSA) is 25.8 Å². The van der Waals surface area contributed by atoms with Crippen molar-refractivity contribution in [3.63, 3.8) is 0 Å². The summed E-state index contributed by atoms with van der Waals surface area (Å²) in [7, 11) is -2.07. The maximum Gasteiger partial charge on any atom is 0.115 e. The quantitative estimate of drug-likeness (QED) is 0.342. The molecule has 4 aromatic rings. The fourth-order valence-corrected chi connectivity index (χ4v) is 8.65. The lowest BCUT2D eigenvalue weighted by atomic mass is 9.89. The van der Waals surface area contributed by atoms with Gasteiger partial charge in [-0.3, -0.25) is 9.97 Å². The molecule has 0 saturated heterocycles. The average molecular weight is 417 g/mol. The summed E-state index contributed by atoms with van der Waals surface area (Å²) in [5.41, 5.74) is 7.75. The summed E-state index contributed by atoms with van der Waals surface area (Å²) in [6.07, 6.45) is 7.62. The van der Waals surface area contributed by atoms with Crippen LogP contribution in [0.4, 0.5) is 0 Å². The van der Waals surface area contributed by atoms with Gasteiger partial charge in [-0.05, 0) is 68.1 Å². The van der Waals surface area contributed by atoms with Crippen molar-refractivity contribution in [2.24, 2.45) is 0 Å². The zero-order valence-corrected chi connectivity index (χ0v) is 18.8. The van der Waals surface area contributed by atoms with Crippen molar-refractivity contribution in [3.8, 4) is 0 Å². The smallest absolute Gasteiger partial charge is 0.115 e. The molecule has 5 rings (SSSR count). The largest absolute Gasteiger partial charge is 0.265 e. The first kappa shape index (κ1) is 19.4. The molecule has 0 fully saturated rings. The zero-order chi connectivity index (χ0) is 21.3. The molecule has 1 aliphatic heterocycles. The van der Waals surface area contributed by atoms with Crippen molar-refractivity contribution in [3.05, 3.63) is 132 Å². The third-order valence-electron chi connectivity index (χ3n) is 6.06. The van der Waals surface area contributed by atoms with Crippen molar-refractivity contribution in [1.82, 2.24) is 9.97 Å². The molecule has 2 aromatic heterocycles. The van der Waals surface area contributed by atoms with Crippen LogP contribution in [0.3, 0.4) is 0 Å². The van der Waals surface area contributed by atoms with Crippen molar-refractivity contribution in [1.29, 1.82) is 0 Å². The highest BCUT2D eigenvalue weighted by Crippen LogP contribution is 2.55. The van der Waals surface area contributed by atoms with E-state index in [9.17, 15) is 0 Å². The van der Waals surface area contributed by atoms with Crippen LogP contribution in [-0.4, -0.2) is 18.0 Å². The fraction of sp³-hybridized carbons (Fsp3) is 0.0714. The van der Waals surface area contributed by atoms with Crippen LogP contribution in [0.1, 0.15) is 22.3 Å². The molecule has 2 nitrogen and oxygen atoms in total. The van der Waals surface area contributed by atoms with Gasteiger partial charge in [0.05, 0.1) is 0 Å². The Balaban J connectivity index is 1.92. The SMILES string of the molecule is C[Si]1(C)C(c2ccncc2)=C(c2ccccc2)C(c2ccccc2)=C1c1ccncc1. The molecule has 0 aliphatic carbocycles. The first-order valence-corrected chi connectivity index (χ1v) is 13.6. The Labute approximate surface area is 184 Å². The van der Waals surface area contributed by atoms with Crippen molar-refractivity contribution in [2.45, 2.75) is 13.1 Å². The molecule has 0 radical (unpaired) electrons. The molecule has 150 valence electrons. The number of benzene rings is 2. The molecule has 0 N–H and O–H groups in total. The highest BCUT2D eigenvalue weighted by atomic mass is 28.3. The summed E-state index contributed by atoms with van der Waals surface area (Å²) < 4.78 is 0. The third kappa shape index (κ3) is 3.37. The first-order valence-electron chi connectivity index (χ1n) is 10.6. The predicted octanol–water partition coefficient (Wildman–Crippen LogP) is 6.80. The number of hydrogen-bond acceptors (Lipinski definition) is 2. The number of hydrogen-bond donors (Lipinski definition) is 0. The van der Waals surface area contributed by atoms with Crippen LogP contribution < -0.4 is 0 Å². The number of allylic oxidation sites excluding steroid dienone is 2. The lowest BCUT2D eigenvalue weighted by molar-refractivity contribution is 1.32. The molecule has 0 bridgehead atoms. The van der Waals surface area contributed by atoms with Crippen LogP contribution in [0.25, 0.3) is 21.5 Å². The van der Waals surface area contributed by atoms with Gasteiger partial charge in [-0.1, -0.05) is 73.8 Å². The molecule has 3 heteroatoms. The van der Waals surface area contributed by atoms with Gasteiger partial charge in [-0.25, -0.2) is 0 Å². The van der Waals surface area contributed by atoms with E-state index >= 15 is 0 Å². The van der Waals surface area contributed by atoms with E-state index in [1.807, 2.05) is 24.8 Å². The number of nitrogens with zero attached hydrogens (tertiary/aromatic N) is 2. The van der Waals surface area contributed by atoms with E-state index in [0.717, 1.165) is 0 Å². The van der Waals surface area contributed by atoms with Gasteiger partial charge in [0, 0.05) is 24.8 Å². The molecule has 2 aromatic carbocycles. The first-order chi connectivity index (χ1) is 15.2. The minimum Gasteiger partial charge on any atom is -0.265 e. The van der Waals surface area contributed by atoms with E-state index in [1.54, 1.807) is 0 Å². The Morgan fingerprint density at radius 3 is 1.16 bits per heavy atom. The molecule has 0 spiro atoms. The van der Waals surface area contributed by atoms with Crippen molar-refractivity contribution >= 4 is 29.6 Å². The second-order valence-corrected chi connectivity index (χ2v) is 12.6. The lowest BCUT2D eigenvalue weighted by Crippen LogP contribution is -2.28. The highest BCUT2D eigenvalue weighted by molar-refractivity contribution is 7.13. The van der Waals surface area contributed by atoms with Gasteiger partial charge in [0.1, 0.15) is 8.07 Å². The Hall–Kier alpha value is -3.56.